The van der Waals surface area contributed by atoms with E-state index in [9.17, 15) is 4.79 Å². The van der Waals surface area contributed by atoms with Crippen molar-refractivity contribution in [1.82, 2.24) is 20.4 Å². The number of carbonyl (C=O) groups excluding carboxylic acids is 1. The van der Waals surface area contributed by atoms with Crippen molar-refractivity contribution in [1.29, 1.82) is 0 Å². The molecule has 1 aliphatic heterocycles. The largest absolute Gasteiger partial charge is 0.353 e. The number of rotatable bonds is 6. The zero-order valence-corrected chi connectivity index (χ0v) is 17.3. The van der Waals surface area contributed by atoms with Gasteiger partial charge in [-0.3, -0.25) is 0 Å². The molecule has 1 saturated heterocycles. The minimum atomic E-state index is -0.0135. The second-order valence-corrected chi connectivity index (χ2v) is 7.67. The molecular formula is C21H28ClN5O. The van der Waals surface area contributed by atoms with Gasteiger partial charge in [0.25, 0.3) is 0 Å². The fourth-order valence-electron chi connectivity index (χ4n) is 3.67. The van der Waals surface area contributed by atoms with Crippen LogP contribution >= 0.6 is 11.6 Å². The van der Waals surface area contributed by atoms with E-state index < -0.39 is 0 Å². The summed E-state index contributed by atoms with van der Waals surface area (Å²) in [6.45, 7) is 7.04. The van der Waals surface area contributed by atoms with Gasteiger partial charge in [0.2, 0.25) is 0 Å². The van der Waals surface area contributed by atoms with Gasteiger partial charge >= 0.3 is 6.03 Å². The summed E-state index contributed by atoms with van der Waals surface area (Å²) < 4.78 is 0. The molecule has 0 saturated carbocycles. The Bertz CT molecular complexity index is 786. The van der Waals surface area contributed by atoms with E-state index in [1.807, 2.05) is 42.2 Å². The van der Waals surface area contributed by atoms with Crippen LogP contribution in [0.3, 0.4) is 0 Å². The molecule has 28 heavy (non-hydrogen) atoms. The van der Waals surface area contributed by atoms with E-state index >= 15 is 0 Å². The molecule has 150 valence electrons. The average molecular weight is 402 g/mol. The topological polar surface area (TPSA) is 61.4 Å². The van der Waals surface area contributed by atoms with E-state index in [-0.39, 0.29) is 12.1 Å². The minimum absolute atomic E-state index is 0.0135. The van der Waals surface area contributed by atoms with Crippen LogP contribution in [0.5, 0.6) is 0 Å². The first kappa shape index (κ1) is 20.4. The highest BCUT2D eigenvalue weighted by molar-refractivity contribution is 6.31. The molecule has 1 aromatic heterocycles. The predicted octanol–water partition coefficient (Wildman–Crippen LogP) is 4.03. The normalized spacial score (nSPS) is 16.7. The van der Waals surface area contributed by atoms with Crippen LogP contribution in [-0.4, -0.2) is 46.8 Å². The molecule has 2 heterocycles. The van der Waals surface area contributed by atoms with E-state index in [0.29, 0.717) is 6.54 Å². The quantitative estimate of drug-likeness (QED) is 0.793. The standard InChI is InChI=1S/C21H28ClN5O/c1-3-11-27(21(28)23-14-17-8-9-19(22)16(2)13-17)18-6-5-12-26(15-18)20-7-4-10-24-25-20/h4,7-10,13,18H,3,5-6,11-12,14-15H2,1-2H3,(H,23,28)/t18-/m1/s1. The Morgan fingerprint density at radius 2 is 2.25 bits per heavy atom. The number of halogens is 1. The van der Waals surface area contributed by atoms with Gasteiger partial charge in [-0.25, -0.2) is 4.79 Å². The molecule has 1 fully saturated rings. The maximum Gasteiger partial charge on any atom is 0.317 e. The van der Waals surface area contributed by atoms with Gasteiger partial charge in [-0.2, -0.15) is 5.10 Å². The molecule has 1 N–H and O–H groups in total. The Morgan fingerprint density at radius 1 is 1.39 bits per heavy atom. The third-order valence-corrected chi connectivity index (χ3v) is 5.54. The lowest BCUT2D eigenvalue weighted by atomic mass is 10.0. The molecule has 0 spiro atoms. The Morgan fingerprint density at radius 3 is 2.96 bits per heavy atom. The third kappa shape index (κ3) is 5.13. The molecule has 3 rings (SSSR count). The van der Waals surface area contributed by atoms with E-state index in [0.717, 1.165) is 60.9 Å². The Balaban J connectivity index is 1.64. The third-order valence-electron chi connectivity index (χ3n) is 5.11. The summed E-state index contributed by atoms with van der Waals surface area (Å²) in [5.74, 6) is 0.876. The number of hydrogen-bond acceptors (Lipinski definition) is 4. The van der Waals surface area contributed by atoms with Crippen molar-refractivity contribution in [3.05, 3.63) is 52.7 Å². The summed E-state index contributed by atoms with van der Waals surface area (Å²) in [5.41, 5.74) is 2.07. The predicted molar refractivity (Wildman–Crippen MR) is 113 cm³/mol. The molecule has 6 nitrogen and oxygen atoms in total. The molecule has 0 bridgehead atoms. The first-order valence-corrected chi connectivity index (χ1v) is 10.3. The van der Waals surface area contributed by atoms with Crippen LogP contribution in [0.25, 0.3) is 0 Å². The first-order valence-electron chi connectivity index (χ1n) is 9.90. The zero-order chi connectivity index (χ0) is 19.9. The number of nitrogens with zero attached hydrogens (tertiary/aromatic N) is 4. The summed E-state index contributed by atoms with van der Waals surface area (Å²) in [5, 5.41) is 12.0. The Labute approximate surface area is 171 Å². The van der Waals surface area contributed by atoms with E-state index in [1.54, 1.807) is 6.20 Å². The number of piperidine rings is 1. The molecule has 1 aromatic carbocycles. The summed E-state index contributed by atoms with van der Waals surface area (Å²) >= 11 is 6.09. The zero-order valence-electron chi connectivity index (χ0n) is 16.6. The van der Waals surface area contributed by atoms with Crippen molar-refractivity contribution in [2.45, 2.75) is 45.7 Å². The van der Waals surface area contributed by atoms with Gasteiger partial charge in [0.05, 0.1) is 6.04 Å². The Hall–Kier alpha value is -2.34. The minimum Gasteiger partial charge on any atom is -0.353 e. The second-order valence-electron chi connectivity index (χ2n) is 7.26. The van der Waals surface area contributed by atoms with Crippen molar-refractivity contribution in [2.75, 3.05) is 24.5 Å². The van der Waals surface area contributed by atoms with Gasteiger partial charge in [0, 0.05) is 37.4 Å². The van der Waals surface area contributed by atoms with E-state index in [1.165, 1.54) is 0 Å². The van der Waals surface area contributed by atoms with Crippen LogP contribution in [0, 0.1) is 6.92 Å². The number of hydrogen-bond donors (Lipinski definition) is 1. The highest BCUT2D eigenvalue weighted by Gasteiger charge is 2.28. The monoisotopic (exact) mass is 401 g/mol. The maximum atomic E-state index is 12.9. The van der Waals surface area contributed by atoms with E-state index in [2.05, 4.69) is 27.3 Å². The number of aryl methyl sites for hydroxylation is 1. The number of nitrogens with one attached hydrogen (secondary N) is 1. The van der Waals surface area contributed by atoms with Crippen molar-refractivity contribution in [3.63, 3.8) is 0 Å². The number of carbonyl (C=O) groups is 1. The lowest BCUT2D eigenvalue weighted by Crippen LogP contribution is -2.53. The fourth-order valence-corrected chi connectivity index (χ4v) is 3.78. The summed E-state index contributed by atoms with van der Waals surface area (Å²) in [6, 6.07) is 9.88. The summed E-state index contributed by atoms with van der Waals surface area (Å²) in [4.78, 5) is 17.1. The SMILES string of the molecule is CCCN(C(=O)NCc1ccc(Cl)c(C)c1)[C@@H]1CCCN(c2cccnn2)C1. The van der Waals surface area contributed by atoms with Crippen LogP contribution in [0.2, 0.25) is 5.02 Å². The van der Waals surface area contributed by atoms with Gasteiger partial charge < -0.3 is 15.1 Å². The molecule has 1 atom stereocenters. The number of benzene rings is 1. The lowest BCUT2D eigenvalue weighted by molar-refractivity contribution is 0.165. The van der Waals surface area contributed by atoms with Crippen LogP contribution in [0.1, 0.15) is 37.3 Å². The van der Waals surface area contributed by atoms with Gasteiger partial charge in [0.1, 0.15) is 0 Å². The smallest absolute Gasteiger partial charge is 0.317 e. The number of amides is 2. The Kier molecular flexibility index (Phi) is 7.09. The lowest BCUT2D eigenvalue weighted by Gasteiger charge is -2.39. The molecule has 0 unspecified atom stereocenters. The molecule has 0 radical (unpaired) electrons. The van der Waals surface area contributed by atoms with Gasteiger partial charge in [-0.15, -0.1) is 5.10 Å². The molecule has 2 amide bonds. The van der Waals surface area contributed by atoms with Crippen molar-refractivity contribution in [3.8, 4) is 0 Å². The molecule has 2 aromatic rings. The van der Waals surface area contributed by atoms with Crippen molar-refractivity contribution < 1.29 is 4.79 Å². The highest BCUT2D eigenvalue weighted by Crippen LogP contribution is 2.21. The molecular weight excluding hydrogens is 374 g/mol. The average Bonchev–Trinajstić information content (AvgIpc) is 2.73. The number of urea groups is 1. The van der Waals surface area contributed by atoms with Crippen LogP contribution in [-0.2, 0) is 6.54 Å². The summed E-state index contributed by atoms with van der Waals surface area (Å²) in [6.07, 6.45) is 4.64. The van der Waals surface area contributed by atoms with Crippen LogP contribution in [0.4, 0.5) is 10.6 Å². The van der Waals surface area contributed by atoms with Gasteiger partial charge in [-0.05, 0) is 55.5 Å². The fraction of sp³-hybridized carbons (Fsp3) is 0.476. The molecule has 7 heteroatoms. The number of aromatic nitrogens is 2. The maximum absolute atomic E-state index is 12.9. The van der Waals surface area contributed by atoms with Crippen LogP contribution < -0.4 is 10.2 Å². The molecule has 0 aliphatic carbocycles. The van der Waals surface area contributed by atoms with E-state index in [4.69, 9.17) is 11.6 Å². The van der Waals surface area contributed by atoms with Crippen molar-refractivity contribution >= 4 is 23.4 Å². The van der Waals surface area contributed by atoms with Gasteiger partial charge in [0.15, 0.2) is 5.82 Å². The molecule has 1 aliphatic rings. The number of anilines is 1. The second kappa shape index (κ2) is 9.73. The summed E-state index contributed by atoms with van der Waals surface area (Å²) in [7, 11) is 0. The van der Waals surface area contributed by atoms with Gasteiger partial charge in [-0.1, -0.05) is 30.7 Å². The van der Waals surface area contributed by atoms with Crippen molar-refractivity contribution in [2.24, 2.45) is 0 Å². The first-order chi connectivity index (χ1) is 13.6. The van der Waals surface area contributed by atoms with Crippen LogP contribution in [0.15, 0.2) is 36.5 Å². The highest BCUT2D eigenvalue weighted by atomic mass is 35.5.